The molecular formula is C7H12N2O5S. The van der Waals surface area contributed by atoms with Gasteiger partial charge in [0.2, 0.25) is 15.9 Å². The van der Waals surface area contributed by atoms with Crippen molar-refractivity contribution in [3.05, 3.63) is 0 Å². The van der Waals surface area contributed by atoms with Gasteiger partial charge in [0.25, 0.3) is 0 Å². The largest absolute Gasteiger partial charge is 0.481 e. The van der Waals surface area contributed by atoms with Crippen molar-refractivity contribution in [2.24, 2.45) is 5.73 Å². The smallest absolute Gasteiger partial charge is 0.304 e. The minimum absolute atomic E-state index is 0.232. The van der Waals surface area contributed by atoms with Gasteiger partial charge >= 0.3 is 5.97 Å². The van der Waals surface area contributed by atoms with Crippen LogP contribution < -0.4 is 5.73 Å². The molecule has 8 heteroatoms. The minimum atomic E-state index is -3.66. The van der Waals surface area contributed by atoms with E-state index in [9.17, 15) is 18.0 Å². The van der Waals surface area contributed by atoms with Crippen LogP contribution in [0.15, 0.2) is 0 Å². The minimum Gasteiger partial charge on any atom is -0.481 e. The van der Waals surface area contributed by atoms with Crippen LogP contribution in [0.1, 0.15) is 12.8 Å². The molecular weight excluding hydrogens is 224 g/mol. The number of hydrogen-bond acceptors (Lipinski definition) is 4. The van der Waals surface area contributed by atoms with E-state index >= 15 is 0 Å². The third kappa shape index (κ3) is 2.66. The molecule has 0 aromatic carbocycles. The molecule has 0 aliphatic carbocycles. The zero-order chi connectivity index (χ0) is 11.6. The first-order chi connectivity index (χ1) is 6.84. The van der Waals surface area contributed by atoms with Crippen molar-refractivity contribution in [3.8, 4) is 0 Å². The molecule has 1 unspecified atom stereocenters. The van der Waals surface area contributed by atoms with E-state index in [4.69, 9.17) is 10.8 Å². The number of carbonyl (C=O) groups excluding carboxylic acids is 1. The zero-order valence-corrected chi connectivity index (χ0v) is 8.74. The predicted molar refractivity (Wildman–Crippen MR) is 50.3 cm³/mol. The average molecular weight is 236 g/mol. The number of carboxylic acid groups (broad SMARTS) is 1. The Balaban J connectivity index is 2.62. The molecule has 3 N–H and O–H groups in total. The molecule has 1 aliphatic heterocycles. The summed E-state index contributed by atoms with van der Waals surface area (Å²) in [7, 11) is -3.66. The summed E-state index contributed by atoms with van der Waals surface area (Å²) >= 11 is 0. The molecule has 0 aromatic rings. The lowest BCUT2D eigenvalue weighted by Crippen LogP contribution is -2.57. The lowest BCUT2D eigenvalue weighted by Gasteiger charge is -2.37. The van der Waals surface area contributed by atoms with E-state index in [0.717, 1.165) is 4.31 Å². The maximum atomic E-state index is 11.5. The van der Waals surface area contributed by atoms with E-state index in [1.807, 2.05) is 0 Å². The van der Waals surface area contributed by atoms with Gasteiger partial charge in [-0.05, 0) is 6.42 Å². The molecule has 7 nitrogen and oxygen atoms in total. The fourth-order valence-electron chi connectivity index (χ4n) is 1.31. The van der Waals surface area contributed by atoms with Gasteiger partial charge in [-0.2, -0.15) is 4.31 Å². The maximum absolute atomic E-state index is 11.5. The van der Waals surface area contributed by atoms with Gasteiger partial charge in [0.1, 0.15) is 6.04 Å². The first-order valence-electron chi connectivity index (χ1n) is 4.35. The third-order valence-electron chi connectivity index (χ3n) is 2.23. The van der Waals surface area contributed by atoms with E-state index in [0.29, 0.717) is 6.42 Å². The topological polar surface area (TPSA) is 118 Å². The molecule has 0 aromatic heterocycles. The number of aliphatic carboxylic acids is 1. The van der Waals surface area contributed by atoms with Crippen LogP contribution in [-0.2, 0) is 19.6 Å². The first-order valence-corrected chi connectivity index (χ1v) is 5.96. The summed E-state index contributed by atoms with van der Waals surface area (Å²) in [4.78, 5) is 21.0. The number of rotatable bonds is 5. The zero-order valence-electron chi connectivity index (χ0n) is 7.92. The molecule has 0 bridgehead atoms. The van der Waals surface area contributed by atoms with Crippen molar-refractivity contribution in [3.63, 3.8) is 0 Å². The van der Waals surface area contributed by atoms with Crippen LogP contribution in [0.4, 0.5) is 0 Å². The number of primary amides is 1. The Morgan fingerprint density at radius 3 is 2.40 bits per heavy atom. The van der Waals surface area contributed by atoms with Crippen molar-refractivity contribution in [1.29, 1.82) is 0 Å². The van der Waals surface area contributed by atoms with Crippen molar-refractivity contribution >= 4 is 21.9 Å². The number of carbonyl (C=O) groups is 2. The van der Waals surface area contributed by atoms with Crippen molar-refractivity contribution < 1.29 is 23.1 Å². The van der Waals surface area contributed by atoms with Gasteiger partial charge < -0.3 is 10.8 Å². The quantitative estimate of drug-likeness (QED) is 0.593. The second-order valence-electron chi connectivity index (χ2n) is 3.28. The molecule has 0 saturated carbocycles. The summed E-state index contributed by atoms with van der Waals surface area (Å²) in [5.74, 6) is -2.37. The number of carboxylic acids is 1. The first kappa shape index (κ1) is 11.9. The van der Waals surface area contributed by atoms with E-state index in [-0.39, 0.29) is 6.54 Å². The molecule has 1 amide bonds. The molecule has 86 valence electrons. The van der Waals surface area contributed by atoms with Crippen molar-refractivity contribution in [2.45, 2.75) is 18.9 Å². The van der Waals surface area contributed by atoms with Crippen molar-refractivity contribution in [2.75, 3.05) is 12.3 Å². The summed E-state index contributed by atoms with van der Waals surface area (Å²) in [6.07, 6.45) is -0.0635. The van der Waals surface area contributed by atoms with Crippen LogP contribution in [0.2, 0.25) is 0 Å². The standard InChI is InChI=1S/C7H12N2O5S/c8-7(12)5-1-3-9(5)15(13,14)4-2-6(10)11/h5H,1-4H2,(H2,8,12)(H,10,11). The third-order valence-corrected chi connectivity index (χ3v) is 4.10. The van der Waals surface area contributed by atoms with Crippen LogP contribution in [0.5, 0.6) is 0 Å². The highest BCUT2D eigenvalue weighted by Crippen LogP contribution is 2.21. The lowest BCUT2D eigenvalue weighted by atomic mass is 10.1. The van der Waals surface area contributed by atoms with Gasteiger partial charge in [-0.15, -0.1) is 0 Å². The van der Waals surface area contributed by atoms with Gasteiger partial charge in [0.15, 0.2) is 0 Å². The van der Waals surface area contributed by atoms with Crippen LogP contribution in [0.3, 0.4) is 0 Å². The Morgan fingerprint density at radius 1 is 1.47 bits per heavy atom. The van der Waals surface area contributed by atoms with E-state index in [2.05, 4.69) is 0 Å². The molecule has 1 saturated heterocycles. The lowest BCUT2D eigenvalue weighted by molar-refractivity contribution is -0.136. The fourth-order valence-corrected chi connectivity index (χ4v) is 2.96. The Kier molecular flexibility index (Phi) is 3.30. The molecule has 0 spiro atoms. The summed E-state index contributed by atoms with van der Waals surface area (Å²) in [5, 5.41) is 8.35. The molecule has 1 fully saturated rings. The van der Waals surface area contributed by atoms with Crippen LogP contribution >= 0.6 is 0 Å². The summed E-state index contributed by atoms with van der Waals surface area (Å²) < 4.78 is 23.9. The number of sulfonamides is 1. The Morgan fingerprint density at radius 2 is 2.07 bits per heavy atom. The number of nitrogens with zero attached hydrogens (tertiary/aromatic N) is 1. The van der Waals surface area contributed by atoms with Gasteiger partial charge in [-0.3, -0.25) is 9.59 Å². The van der Waals surface area contributed by atoms with E-state index in [1.54, 1.807) is 0 Å². The van der Waals surface area contributed by atoms with E-state index in [1.165, 1.54) is 0 Å². The SMILES string of the molecule is NC(=O)C1CCN1S(=O)(=O)CCC(=O)O. The molecule has 1 heterocycles. The van der Waals surface area contributed by atoms with Crippen LogP contribution in [-0.4, -0.2) is 48.0 Å². The molecule has 1 rings (SSSR count). The maximum Gasteiger partial charge on any atom is 0.304 e. The second-order valence-corrected chi connectivity index (χ2v) is 5.32. The monoisotopic (exact) mass is 236 g/mol. The van der Waals surface area contributed by atoms with Crippen LogP contribution in [0.25, 0.3) is 0 Å². The fraction of sp³-hybridized carbons (Fsp3) is 0.714. The Bertz CT molecular complexity index is 377. The van der Waals surface area contributed by atoms with Gasteiger partial charge in [0.05, 0.1) is 12.2 Å². The van der Waals surface area contributed by atoms with Gasteiger partial charge in [-0.25, -0.2) is 8.42 Å². The molecule has 1 atom stereocenters. The Hall–Kier alpha value is -1.15. The highest BCUT2D eigenvalue weighted by atomic mass is 32.2. The molecule has 0 radical (unpaired) electrons. The highest BCUT2D eigenvalue weighted by molar-refractivity contribution is 7.89. The van der Waals surface area contributed by atoms with Crippen LogP contribution in [0, 0.1) is 0 Å². The molecule has 1 aliphatic rings. The summed E-state index contributed by atoms with van der Waals surface area (Å²) in [5.41, 5.74) is 4.98. The van der Waals surface area contributed by atoms with Gasteiger partial charge in [0, 0.05) is 6.54 Å². The second kappa shape index (κ2) is 4.15. The van der Waals surface area contributed by atoms with Crippen molar-refractivity contribution in [1.82, 2.24) is 4.31 Å². The van der Waals surface area contributed by atoms with Gasteiger partial charge in [-0.1, -0.05) is 0 Å². The number of amides is 1. The highest BCUT2D eigenvalue weighted by Gasteiger charge is 2.40. The predicted octanol–water partition coefficient (Wildman–Crippen LogP) is -1.65. The molecule has 15 heavy (non-hydrogen) atoms. The Labute approximate surface area is 86.9 Å². The average Bonchev–Trinajstić information content (AvgIpc) is 1.96. The number of nitrogens with two attached hydrogens (primary N) is 1. The summed E-state index contributed by atoms with van der Waals surface area (Å²) in [6, 6.07) is -0.802. The summed E-state index contributed by atoms with van der Waals surface area (Å²) in [6.45, 7) is 0.232. The van der Waals surface area contributed by atoms with E-state index < -0.39 is 40.1 Å². The number of hydrogen-bond donors (Lipinski definition) is 2. The normalized spacial score (nSPS) is 22.0.